The maximum absolute atomic E-state index is 11.9. The summed E-state index contributed by atoms with van der Waals surface area (Å²) in [6.45, 7) is 1.86. The van der Waals surface area contributed by atoms with Crippen LogP contribution in [0.15, 0.2) is 42.5 Å². The van der Waals surface area contributed by atoms with Gasteiger partial charge in [0.05, 0.1) is 14.2 Å². The minimum absolute atomic E-state index is 0.113. The molecule has 21 heavy (non-hydrogen) atoms. The van der Waals surface area contributed by atoms with Crippen molar-refractivity contribution in [2.45, 2.75) is 13.5 Å². The first-order valence-corrected chi connectivity index (χ1v) is 6.59. The van der Waals surface area contributed by atoms with Gasteiger partial charge in [-0.05, 0) is 12.5 Å². The van der Waals surface area contributed by atoms with Crippen LogP contribution in [0.5, 0.6) is 17.2 Å². The third-order valence-electron chi connectivity index (χ3n) is 3.08. The molecular formula is C17H18O4. The second-order valence-electron chi connectivity index (χ2n) is 4.53. The first kappa shape index (κ1) is 14.9. The van der Waals surface area contributed by atoms with Crippen LogP contribution in [0.1, 0.15) is 22.8 Å². The van der Waals surface area contributed by atoms with Gasteiger partial charge in [-0.25, -0.2) is 0 Å². The Morgan fingerprint density at radius 1 is 1.00 bits per heavy atom. The number of methoxy groups -OCH3 is 2. The molecule has 4 heteroatoms. The summed E-state index contributed by atoms with van der Waals surface area (Å²) in [4.78, 5) is 11.9. The zero-order valence-electron chi connectivity index (χ0n) is 12.4. The van der Waals surface area contributed by atoms with E-state index in [1.807, 2.05) is 30.3 Å². The fraction of sp³-hybridized carbons (Fsp3) is 0.235. The summed E-state index contributed by atoms with van der Waals surface area (Å²) in [5.41, 5.74) is 1.45. The molecule has 0 spiro atoms. The van der Waals surface area contributed by atoms with Crippen LogP contribution in [0.4, 0.5) is 0 Å². The van der Waals surface area contributed by atoms with Crippen LogP contribution in [-0.4, -0.2) is 20.0 Å². The van der Waals surface area contributed by atoms with Gasteiger partial charge in [0, 0.05) is 12.1 Å². The fourth-order valence-electron chi connectivity index (χ4n) is 2.04. The third kappa shape index (κ3) is 3.54. The van der Waals surface area contributed by atoms with E-state index < -0.39 is 0 Å². The van der Waals surface area contributed by atoms with E-state index in [9.17, 15) is 4.79 Å². The van der Waals surface area contributed by atoms with Crippen LogP contribution in [0.25, 0.3) is 0 Å². The van der Waals surface area contributed by atoms with Gasteiger partial charge in [-0.2, -0.15) is 0 Å². The van der Waals surface area contributed by atoms with E-state index in [1.54, 1.807) is 19.2 Å². The molecule has 0 aliphatic carbocycles. The number of ether oxygens (including phenoxy) is 3. The predicted molar refractivity (Wildman–Crippen MR) is 80.3 cm³/mol. The lowest BCUT2D eigenvalue weighted by Gasteiger charge is -2.15. The molecule has 2 aromatic carbocycles. The maximum atomic E-state index is 11.9. The highest BCUT2D eigenvalue weighted by molar-refractivity contribution is 6.00. The largest absolute Gasteiger partial charge is 0.496 e. The number of benzene rings is 2. The van der Waals surface area contributed by atoms with Crippen LogP contribution in [0, 0.1) is 0 Å². The van der Waals surface area contributed by atoms with E-state index in [0.717, 1.165) is 5.56 Å². The molecule has 0 amide bonds. The maximum Gasteiger partial charge on any atom is 0.167 e. The van der Waals surface area contributed by atoms with Gasteiger partial charge < -0.3 is 14.2 Å². The van der Waals surface area contributed by atoms with Crippen molar-refractivity contribution >= 4 is 5.78 Å². The van der Waals surface area contributed by atoms with Crippen molar-refractivity contribution in [3.05, 3.63) is 53.6 Å². The van der Waals surface area contributed by atoms with E-state index in [4.69, 9.17) is 14.2 Å². The monoisotopic (exact) mass is 286 g/mol. The van der Waals surface area contributed by atoms with Crippen molar-refractivity contribution in [1.82, 2.24) is 0 Å². The predicted octanol–water partition coefficient (Wildman–Crippen LogP) is 3.49. The van der Waals surface area contributed by atoms with Crippen molar-refractivity contribution in [3.8, 4) is 17.2 Å². The molecule has 0 aliphatic rings. The molecule has 0 saturated carbocycles. The van der Waals surface area contributed by atoms with E-state index >= 15 is 0 Å². The summed E-state index contributed by atoms with van der Waals surface area (Å²) in [6, 6.07) is 13.1. The lowest BCUT2D eigenvalue weighted by molar-refractivity contribution is 0.101. The number of carbonyl (C=O) groups is 1. The number of hydrogen-bond acceptors (Lipinski definition) is 4. The minimum Gasteiger partial charge on any atom is -0.496 e. The van der Waals surface area contributed by atoms with Gasteiger partial charge in [-0.3, -0.25) is 4.79 Å². The van der Waals surface area contributed by atoms with Crippen LogP contribution >= 0.6 is 0 Å². The van der Waals surface area contributed by atoms with E-state index in [0.29, 0.717) is 29.4 Å². The lowest BCUT2D eigenvalue weighted by atomic mass is 10.1. The molecule has 2 rings (SSSR count). The normalized spacial score (nSPS) is 10.0. The molecule has 0 aliphatic heterocycles. The van der Waals surface area contributed by atoms with Crippen LogP contribution < -0.4 is 14.2 Å². The van der Waals surface area contributed by atoms with Gasteiger partial charge in [0.2, 0.25) is 0 Å². The minimum atomic E-state index is -0.113. The summed E-state index contributed by atoms with van der Waals surface area (Å²) >= 11 is 0. The van der Waals surface area contributed by atoms with Crippen molar-refractivity contribution in [2.75, 3.05) is 14.2 Å². The highest BCUT2D eigenvalue weighted by Gasteiger charge is 2.17. The SMILES string of the molecule is COc1cc(OC)c(C(C)=O)c(OCc2ccccc2)c1. The Kier molecular flexibility index (Phi) is 4.82. The molecule has 0 fully saturated rings. The molecule has 4 nitrogen and oxygen atoms in total. The Bertz CT molecular complexity index is 620. The van der Waals surface area contributed by atoms with Crippen molar-refractivity contribution < 1.29 is 19.0 Å². The molecule has 0 heterocycles. The zero-order chi connectivity index (χ0) is 15.2. The quantitative estimate of drug-likeness (QED) is 0.763. The first-order chi connectivity index (χ1) is 10.2. The van der Waals surface area contributed by atoms with Crippen molar-refractivity contribution in [1.29, 1.82) is 0 Å². The molecule has 0 unspecified atom stereocenters. The van der Waals surface area contributed by atoms with Crippen LogP contribution in [0.2, 0.25) is 0 Å². The molecule has 0 radical (unpaired) electrons. The van der Waals surface area contributed by atoms with Crippen LogP contribution in [-0.2, 0) is 6.61 Å². The lowest BCUT2D eigenvalue weighted by Crippen LogP contribution is -2.05. The number of hydrogen-bond donors (Lipinski definition) is 0. The average Bonchev–Trinajstić information content (AvgIpc) is 2.52. The Morgan fingerprint density at radius 3 is 2.24 bits per heavy atom. The summed E-state index contributed by atoms with van der Waals surface area (Å²) in [5, 5.41) is 0. The number of carbonyl (C=O) groups excluding carboxylic acids is 1. The number of rotatable bonds is 6. The van der Waals surface area contributed by atoms with Gasteiger partial charge in [-0.1, -0.05) is 30.3 Å². The molecule has 110 valence electrons. The van der Waals surface area contributed by atoms with Crippen molar-refractivity contribution in [2.24, 2.45) is 0 Å². The van der Waals surface area contributed by atoms with E-state index in [2.05, 4.69) is 0 Å². The van der Waals surface area contributed by atoms with Gasteiger partial charge in [0.25, 0.3) is 0 Å². The standard InChI is InChI=1S/C17H18O4/c1-12(18)17-15(20-3)9-14(19-2)10-16(17)21-11-13-7-5-4-6-8-13/h4-10H,11H2,1-3H3. The molecule has 2 aromatic rings. The van der Waals surface area contributed by atoms with Gasteiger partial charge in [0.15, 0.2) is 5.78 Å². The van der Waals surface area contributed by atoms with Gasteiger partial charge in [0.1, 0.15) is 29.4 Å². The molecule has 0 N–H and O–H groups in total. The van der Waals surface area contributed by atoms with E-state index in [1.165, 1.54) is 14.0 Å². The summed E-state index contributed by atoms with van der Waals surface area (Å²) in [7, 11) is 3.07. The molecule has 0 atom stereocenters. The summed E-state index contributed by atoms with van der Waals surface area (Å²) < 4.78 is 16.3. The fourth-order valence-corrected chi connectivity index (χ4v) is 2.04. The smallest absolute Gasteiger partial charge is 0.167 e. The Morgan fingerprint density at radius 2 is 1.67 bits per heavy atom. The molecule has 0 bridgehead atoms. The average molecular weight is 286 g/mol. The van der Waals surface area contributed by atoms with E-state index in [-0.39, 0.29) is 5.78 Å². The van der Waals surface area contributed by atoms with Crippen molar-refractivity contribution in [3.63, 3.8) is 0 Å². The highest BCUT2D eigenvalue weighted by atomic mass is 16.5. The highest BCUT2D eigenvalue weighted by Crippen LogP contribution is 2.34. The Hall–Kier alpha value is -2.49. The number of Topliss-reactive ketones (excluding diaryl/α,β-unsaturated/α-hetero) is 1. The number of ketones is 1. The second kappa shape index (κ2) is 6.79. The Balaban J connectivity index is 2.34. The van der Waals surface area contributed by atoms with Gasteiger partial charge in [-0.15, -0.1) is 0 Å². The summed E-state index contributed by atoms with van der Waals surface area (Å²) in [5.74, 6) is 1.38. The summed E-state index contributed by atoms with van der Waals surface area (Å²) in [6.07, 6.45) is 0. The Labute approximate surface area is 124 Å². The molecule has 0 saturated heterocycles. The molecular weight excluding hydrogens is 268 g/mol. The second-order valence-corrected chi connectivity index (χ2v) is 4.53. The molecule has 0 aromatic heterocycles. The first-order valence-electron chi connectivity index (χ1n) is 6.59. The zero-order valence-corrected chi connectivity index (χ0v) is 12.4. The van der Waals surface area contributed by atoms with Crippen LogP contribution in [0.3, 0.4) is 0 Å². The van der Waals surface area contributed by atoms with Gasteiger partial charge >= 0.3 is 0 Å². The topological polar surface area (TPSA) is 44.8 Å². The third-order valence-corrected chi connectivity index (χ3v) is 3.08.